The number of carboxylic acid groups (broad SMARTS) is 1. The summed E-state index contributed by atoms with van der Waals surface area (Å²) in [7, 11) is 1.68. The Hall–Kier alpha value is -0.950. The molecule has 110 valence electrons. The van der Waals surface area contributed by atoms with E-state index in [9.17, 15) is 4.79 Å². The van der Waals surface area contributed by atoms with Crippen LogP contribution in [0.5, 0.6) is 0 Å². The van der Waals surface area contributed by atoms with Crippen molar-refractivity contribution >= 4 is 21.9 Å². The topological polar surface area (TPSA) is 59.0 Å². The van der Waals surface area contributed by atoms with Crippen LogP contribution in [-0.2, 0) is 16.0 Å². The lowest BCUT2D eigenvalue weighted by atomic mass is 10.1. The van der Waals surface area contributed by atoms with Gasteiger partial charge in [-0.05, 0) is 17.7 Å². The van der Waals surface area contributed by atoms with Gasteiger partial charge in [0.25, 0.3) is 0 Å². The van der Waals surface area contributed by atoms with Gasteiger partial charge in [-0.2, -0.15) is 0 Å². The molecule has 0 bridgehead atoms. The fourth-order valence-corrected chi connectivity index (χ4v) is 2.77. The molecule has 20 heavy (non-hydrogen) atoms. The molecule has 1 saturated heterocycles. The van der Waals surface area contributed by atoms with E-state index in [1.165, 1.54) is 0 Å². The summed E-state index contributed by atoms with van der Waals surface area (Å²) in [6.45, 7) is 3.60. The number of morpholine rings is 1. The second-order valence-corrected chi connectivity index (χ2v) is 5.62. The van der Waals surface area contributed by atoms with E-state index in [-0.39, 0.29) is 11.6 Å². The van der Waals surface area contributed by atoms with Crippen LogP contribution in [0.15, 0.2) is 22.7 Å². The van der Waals surface area contributed by atoms with Crippen molar-refractivity contribution < 1.29 is 19.4 Å². The van der Waals surface area contributed by atoms with Crippen molar-refractivity contribution in [2.45, 2.75) is 12.6 Å². The fraction of sp³-hybridized carbons (Fsp3) is 0.500. The maximum absolute atomic E-state index is 10.9. The van der Waals surface area contributed by atoms with Gasteiger partial charge in [0.05, 0.1) is 31.4 Å². The predicted molar refractivity (Wildman–Crippen MR) is 78.0 cm³/mol. The van der Waals surface area contributed by atoms with Gasteiger partial charge in [0.15, 0.2) is 0 Å². The molecule has 2 rings (SSSR count). The number of methoxy groups -OCH3 is 1. The highest BCUT2D eigenvalue weighted by Gasteiger charge is 2.23. The Kier molecular flexibility index (Phi) is 5.54. The molecule has 1 heterocycles. The summed E-state index contributed by atoms with van der Waals surface area (Å²) in [4.78, 5) is 13.2. The first-order valence-electron chi connectivity index (χ1n) is 6.44. The Morgan fingerprint density at radius 3 is 3.05 bits per heavy atom. The maximum Gasteiger partial charge on any atom is 0.335 e. The molecule has 1 aliphatic rings. The lowest BCUT2D eigenvalue weighted by Gasteiger charge is -2.35. The molecule has 1 aromatic carbocycles. The average Bonchev–Trinajstić information content (AvgIpc) is 2.43. The van der Waals surface area contributed by atoms with Crippen LogP contribution in [0.1, 0.15) is 15.9 Å². The van der Waals surface area contributed by atoms with Crippen molar-refractivity contribution in [1.29, 1.82) is 0 Å². The summed E-state index contributed by atoms with van der Waals surface area (Å²) in [6, 6.07) is 5.37. The Morgan fingerprint density at radius 2 is 2.40 bits per heavy atom. The van der Waals surface area contributed by atoms with Crippen LogP contribution < -0.4 is 0 Å². The molecule has 0 aliphatic carbocycles. The fourth-order valence-electron chi connectivity index (χ4n) is 2.27. The van der Waals surface area contributed by atoms with Crippen molar-refractivity contribution in [3.8, 4) is 0 Å². The number of carbonyl (C=O) groups is 1. The van der Waals surface area contributed by atoms with E-state index >= 15 is 0 Å². The second kappa shape index (κ2) is 7.17. The van der Waals surface area contributed by atoms with Crippen LogP contribution in [-0.4, -0.2) is 55.5 Å². The number of rotatable bonds is 5. The molecule has 0 amide bonds. The highest BCUT2D eigenvalue weighted by molar-refractivity contribution is 9.10. The van der Waals surface area contributed by atoms with Gasteiger partial charge in [-0.1, -0.05) is 22.0 Å². The Morgan fingerprint density at radius 1 is 1.60 bits per heavy atom. The smallest absolute Gasteiger partial charge is 0.335 e. The molecular weight excluding hydrogens is 326 g/mol. The molecule has 0 radical (unpaired) electrons. The number of halogens is 1. The molecule has 1 N–H and O–H groups in total. The monoisotopic (exact) mass is 343 g/mol. The van der Waals surface area contributed by atoms with Gasteiger partial charge < -0.3 is 14.6 Å². The van der Waals surface area contributed by atoms with Gasteiger partial charge in [-0.3, -0.25) is 4.90 Å². The molecule has 0 aromatic heterocycles. The minimum atomic E-state index is -0.916. The molecular formula is C14H18BrNO4. The van der Waals surface area contributed by atoms with Gasteiger partial charge in [-0.15, -0.1) is 0 Å². The molecule has 6 heteroatoms. The maximum atomic E-state index is 10.9. The zero-order chi connectivity index (χ0) is 14.5. The molecule has 5 nitrogen and oxygen atoms in total. The summed E-state index contributed by atoms with van der Waals surface area (Å²) in [5, 5.41) is 8.97. The minimum Gasteiger partial charge on any atom is -0.478 e. The molecule has 1 fully saturated rings. The van der Waals surface area contributed by atoms with Gasteiger partial charge in [0.2, 0.25) is 0 Å². The lowest BCUT2D eigenvalue weighted by molar-refractivity contribution is -0.0388. The third kappa shape index (κ3) is 3.79. The van der Waals surface area contributed by atoms with Crippen LogP contribution >= 0.6 is 15.9 Å². The SMILES string of the molecule is COCC1COCCN1Cc1ccc(C(=O)O)cc1Br. The number of hydrogen-bond acceptors (Lipinski definition) is 4. The normalized spacial score (nSPS) is 20.0. The van der Waals surface area contributed by atoms with Gasteiger partial charge in [0, 0.05) is 24.7 Å². The third-order valence-corrected chi connectivity index (χ3v) is 4.12. The summed E-state index contributed by atoms with van der Waals surface area (Å²) in [5.41, 5.74) is 1.36. The number of carboxylic acids is 1. The Balaban J connectivity index is 2.09. The van der Waals surface area contributed by atoms with E-state index in [4.69, 9.17) is 14.6 Å². The van der Waals surface area contributed by atoms with Gasteiger partial charge in [-0.25, -0.2) is 4.79 Å². The van der Waals surface area contributed by atoms with Crippen molar-refractivity contribution in [1.82, 2.24) is 4.90 Å². The highest BCUT2D eigenvalue weighted by atomic mass is 79.9. The molecule has 1 aliphatic heterocycles. The van der Waals surface area contributed by atoms with Crippen molar-refractivity contribution in [2.24, 2.45) is 0 Å². The van der Waals surface area contributed by atoms with Crippen LogP contribution in [0.3, 0.4) is 0 Å². The van der Waals surface area contributed by atoms with Crippen molar-refractivity contribution in [3.05, 3.63) is 33.8 Å². The van der Waals surface area contributed by atoms with Gasteiger partial charge >= 0.3 is 5.97 Å². The zero-order valence-corrected chi connectivity index (χ0v) is 12.9. The van der Waals surface area contributed by atoms with Crippen molar-refractivity contribution in [3.63, 3.8) is 0 Å². The van der Waals surface area contributed by atoms with E-state index in [1.54, 1.807) is 19.2 Å². The number of nitrogens with zero attached hydrogens (tertiary/aromatic N) is 1. The molecule has 1 atom stereocenters. The Labute approximate surface area is 126 Å². The summed E-state index contributed by atoms with van der Waals surface area (Å²) in [6.07, 6.45) is 0. The van der Waals surface area contributed by atoms with Crippen LogP contribution in [0, 0.1) is 0 Å². The average molecular weight is 344 g/mol. The third-order valence-electron chi connectivity index (χ3n) is 3.38. The molecule has 1 aromatic rings. The molecule has 0 spiro atoms. The first-order valence-corrected chi connectivity index (χ1v) is 7.23. The summed E-state index contributed by atoms with van der Waals surface area (Å²) in [5.74, 6) is -0.916. The van der Waals surface area contributed by atoms with E-state index < -0.39 is 5.97 Å². The van der Waals surface area contributed by atoms with E-state index in [0.717, 1.165) is 23.1 Å². The quantitative estimate of drug-likeness (QED) is 0.885. The standard InChI is InChI=1S/C14H18BrNO4/c1-19-8-12-9-20-5-4-16(12)7-11-3-2-10(14(17)18)6-13(11)15/h2-3,6,12H,4-5,7-9H2,1H3,(H,17,18). The molecule has 1 unspecified atom stereocenters. The number of benzene rings is 1. The lowest BCUT2D eigenvalue weighted by Crippen LogP contribution is -2.47. The van der Waals surface area contributed by atoms with E-state index in [1.807, 2.05) is 6.07 Å². The zero-order valence-electron chi connectivity index (χ0n) is 11.3. The number of hydrogen-bond donors (Lipinski definition) is 1. The Bertz CT molecular complexity index is 478. The number of aromatic carboxylic acids is 1. The van der Waals surface area contributed by atoms with Crippen molar-refractivity contribution in [2.75, 3.05) is 33.5 Å². The highest BCUT2D eigenvalue weighted by Crippen LogP contribution is 2.22. The summed E-state index contributed by atoms with van der Waals surface area (Å²) >= 11 is 3.45. The van der Waals surface area contributed by atoms with Crippen LogP contribution in [0.4, 0.5) is 0 Å². The second-order valence-electron chi connectivity index (χ2n) is 4.77. The van der Waals surface area contributed by atoms with Crippen LogP contribution in [0.2, 0.25) is 0 Å². The minimum absolute atomic E-state index is 0.236. The van der Waals surface area contributed by atoms with Crippen LogP contribution in [0.25, 0.3) is 0 Å². The van der Waals surface area contributed by atoms with E-state index in [2.05, 4.69) is 20.8 Å². The van der Waals surface area contributed by atoms with E-state index in [0.29, 0.717) is 19.8 Å². The largest absolute Gasteiger partial charge is 0.478 e. The first kappa shape index (κ1) is 15.4. The first-order chi connectivity index (χ1) is 9.61. The predicted octanol–water partition coefficient (Wildman–Crippen LogP) is 1.99. The summed E-state index contributed by atoms with van der Waals surface area (Å²) < 4.78 is 11.5. The molecule has 0 saturated carbocycles. The van der Waals surface area contributed by atoms with Gasteiger partial charge in [0.1, 0.15) is 0 Å². The number of ether oxygens (including phenoxy) is 2.